The molecular weight excluding hydrogens is 200 g/mol. The quantitative estimate of drug-likeness (QED) is 0.675. The van der Waals surface area contributed by atoms with E-state index in [9.17, 15) is 4.79 Å². The van der Waals surface area contributed by atoms with Crippen molar-refractivity contribution in [1.82, 2.24) is 9.78 Å². The van der Waals surface area contributed by atoms with E-state index in [0.29, 0.717) is 10.6 Å². The van der Waals surface area contributed by atoms with Gasteiger partial charge in [0.2, 0.25) is 0 Å². The number of hydrogen-bond donors (Lipinski definition) is 0. The predicted octanol–water partition coefficient (Wildman–Crippen LogP) is 2.35. The van der Waals surface area contributed by atoms with E-state index in [0.717, 1.165) is 22.9 Å². The summed E-state index contributed by atoms with van der Waals surface area (Å²) in [5.41, 5.74) is 2.33. The normalized spacial score (nSPS) is 10.8. The number of benzene rings is 1. The van der Waals surface area contributed by atoms with Gasteiger partial charge in [-0.2, -0.15) is 5.10 Å². The Morgan fingerprint density at radius 3 is 2.86 bits per heavy atom. The molecule has 0 bridgehead atoms. The van der Waals surface area contributed by atoms with E-state index in [1.807, 2.05) is 14.0 Å². The number of aldehydes is 1. The highest BCUT2D eigenvalue weighted by Gasteiger charge is 2.09. The van der Waals surface area contributed by atoms with Crippen LogP contribution >= 0.6 is 11.6 Å². The predicted molar refractivity (Wildman–Crippen MR) is 55.8 cm³/mol. The molecule has 0 spiro atoms. The number of fused-ring (bicyclic) bond motifs is 1. The van der Waals surface area contributed by atoms with Gasteiger partial charge in [-0.25, -0.2) is 0 Å². The molecule has 1 aromatic heterocycles. The Hall–Kier alpha value is -1.35. The van der Waals surface area contributed by atoms with Gasteiger partial charge in [0.1, 0.15) is 11.8 Å². The molecule has 0 N–H and O–H groups in total. The zero-order chi connectivity index (χ0) is 10.3. The van der Waals surface area contributed by atoms with Crippen LogP contribution in [0, 0.1) is 6.92 Å². The average Bonchev–Trinajstić information content (AvgIpc) is 2.45. The number of aromatic nitrogens is 2. The summed E-state index contributed by atoms with van der Waals surface area (Å²) in [5, 5.41) is 5.71. The Balaban J connectivity index is 2.90. The van der Waals surface area contributed by atoms with Crippen LogP contribution in [0.15, 0.2) is 12.1 Å². The van der Waals surface area contributed by atoms with Crippen LogP contribution in [0.5, 0.6) is 0 Å². The van der Waals surface area contributed by atoms with Crippen LogP contribution in [0.25, 0.3) is 10.9 Å². The summed E-state index contributed by atoms with van der Waals surface area (Å²) in [6.45, 7) is 1.94. The monoisotopic (exact) mass is 208 g/mol. The first-order valence-electron chi connectivity index (χ1n) is 4.21. The number of carbonyl (C=O) groups is 1. The maximum Gasteiger partial charge on any atom is 0.150 e. The van der Waals surface area contributed by atoms with Crippen LogP contribution in [-0.4, -0.2) is 16.1 Å². The van der Waals surface area contributed by atoms with Gasteiger partial charge >= 0.3 is 0 Å². The lowest BCUT2D eigenvalue weighted by atomic mass is 10.1. The molecule has 0 aliphatic heterocycles. The third-order valence-corrected chi connectivity index (χ3v) is 2.64. The van der Waals surface area contributed by atoms with Crippen molar-refractivity contribution in [3.63, 3.8) is 0 Å². The van der Waals surface area contributed by atoms with Gasteiger partial charge in [0.15, 0.2) is 0 Å². The van der Waals surface area contributed by atoms with Gasteiger partial charge in [-0.15, -0.1) is 0 Å². The summed E-state index contributed by atoms with van der Waals surface area (Å²) < 4.78 is 1.76. The molecule has 14 heavy (non-hydrogen) atoms. The van der Waals surface area contributed by atoms with Gasteiger partial charge in [-0.05, 0) is 19.1 Å². The molecule has 4 heteroatoms. The van der Waals surface area contributed by atoms with Crippen molar-refractivity contribution in [3.8, 4) is 0 Å². The first-order valence-corrected chi connectivity index (χ1v) is 4.59. The molecule has 0 radical (unpaired) electrons. The number of nitrogens with zero attached hydrogens (tertiary/aromatic N) is 2. The lowest BCUT2D eigenvalue weighted by molar-refractivity contribution is 0.112. The van der Waals surface area contributed by atoms with Crippen LogP contribution in [0.4, 0.5) is 0 Å². The first kappa shape index (κ1) is 9.21. The van der Waals surface area contributed by atoms with Crippen molar-refractivity contribution in [3.05, 3.63) is 28.4 Å². The molecule has 0 unspecified atom stereocenters. The van der Waals surface area contributed by atoms with Gasteiger partial charge in [0.05, 0.1) is 5.02 Å². The maximum atomic E-state index is 10.6. The Morgan fingerprint density at radius 1 is 1.50 bits per heavy atom. The number of hydrogen-bond acceptors (Lipinski definition) is 2. The standard InChI is InChI=1S/C10H9ClN2O/c1-6-8-3-7(5-14)4-9(11)10(8)12-13(6)2/h3-5H,1-2H3. The highest BCUT2D eigenvalue weighted by Crippen LogP contribution is 2.25. The SMILES string of the molecule is Cc1c2cc(C=O)cc(Cl)c2nn1C. The van der Waals surface area contributed by atoms with Crippen molar-refractivity contribution < 1.29 is 4.79 Å². The molecule has 0 aliphatic carbocycles. The lowest BCUT2D eigenvalue weighted by Crippen LogP contribution is -1.91. The Labute approximate surface area is 86.3 Å². The minimum atomic E-state index is 0.522. The van der Waals surface area contributed by atoms with Crippen molar-refractivity contribution in [2.75, 3.05) is 0 Å². The van der Waals surface area contributed by atoms with Gasteiger partial charge < -0.3 is 0 Å². The highest BCUT2D eigenvalue weighted by molar-refractivity contribution is 6.35. The lowest BCUT2D eigenvalue weighted by Gasteiger charge is -1.95. The van der Waals surface area contributed by atoms with Crippen molar-refractivity contribution >= 4 is 28.8 Å². The number of aryl methyl sites for hydroxylation is 2. The number of rotatable bonds is 1. The molecule has 3 nitrogen and oxygen atoms in total. The molecule has 0 saturated carbocycles. The minimum Gasteiger partial charge on any atom is -0.298 e. The van der Waals surface area contributed by atoms with E-state index in [-0.39, 0.29) is 0 Å². The van der Waals surface area contributed by atoms with Crippen molar-refractivity contribution in [2.45, 2.75) is 6.92 Å². The summed E-state index contributed by atoms with van der Waals surface area (Å²) in [6, 6.07) is 3.43. The van der Waals surface area contributed by atoms with E-state index >= 15 is 0 Å². The van der Waals surface area contributed by atoms with Gasteiger partial charge in [0.25, 0.3) is 0 Å². The topological polar surface area (TPSA) is 34.9 Å². The van der Waals surface area contributed by atoms with Crippen LogP contribution in [0.3, 0.4) is 0 Å². The van der Waals surface area contributed by atoms with E-state index < -0.39 is 0 Å². The summed E-state index contributed by atoms with van der Waals surface area (Å²) >= 11 is 5.99. The Morgan fingerprint density at radius 2 is 2.21 bits per heavy atom. The fourth-order valence-corrected chi connectivity index (χ4v) is 1.73. The van der Waals surface area contributed by atoms with Crippen LogP contribution in [-0.2, 0) is 7.05 Å². The fraction of sp³-hybridized carbons (Fsp3) is 0.200. The second-order valence-corrected chi connectivity index (χ2v) is 3.63. The summed E-state index contributed by atoms with van der Waals surface area (Å²) in [7, 11) is 1.85. The van der Waals surface area contributed by atoms with E-state index in [1.54, 1.807) is 16.8 Å². The van der Waals surface area contributed by atoms with Crippen LogP contribution in [0.2, 0.25) is 5.02 Å². The third-order valence-electron chi connectivity index (χ3n) is 2.35. The molecular formula is C10H9ClN2O. The van der Waals surface area contributed by atoms with Crippen LogP contribution in [0.1, 0.15) is 16.1 Å². The van der Waals surface area contributed by atoms with Gasteiger partial charge in [-0.1, -0.05) is 11.6 Å². The van der Waals surface area contributed by atoms with Crippen LogP contribution < -0.4 is 0 Å². The molecule has 1 heterocycles. The maximum absolute atomic E-state index is 10.6. The molecule has 0 atom stereocenters. The van der Waals surface area contributed by atoms with E-state index in [4.69, 9.17) is 11.6 Å². The fourth-order valence-electron chi connectivity index (χ4n) is 1.46. The summed E-state index contributed by atoms with van der Waals surface area (Å²) in [5.74, 6) is 0. The average molecular weight is 209 g/mol. The highest BCUT2D eigenvalue weighted by atomic mass is 35.5. The third kappa shape index (κ3) is 1.21. The Bertz CT molecular complexity index is 516. The van der Waals surface area contributed by atoms with Gasteiger partial charge in [0, 0.05) is 23.7 Å². The molecule has 0 saturated heterocycles. The molecule has 1 aromatic carbocycles. The van der Waals surface area contributed by atoms with Crippen molar-refractivity contribution in [2.24, 2.45) is 7.05 Å². The minimum absolute atomic E-state index is 0.522. The van der Waals surface area contributed by atoms with E-state index in [2.05, 4.69) is 5.10 Å². The molecule has 2 aromatic rings. The second-order valence-electron chi connectivity index (χ2n) is 3.23. The summed E-state index contributed by atoms with van der Waals surface area (Å²) in [6.07, 6.45) is 0.789. The molecule has 0 amide bonds. The molecule has 0 fully saturated rings. The molecule has 72 valence electrons. The van der Waals surface area contributed by atoms with E-state index in [1.165, 1.54) is 0 Å². The zero-order valence-corrected chi connectivity index (χ0v) is 8.67. The number of halogens is 1. The molecule has 0 aliphatic rings. The first-order chi connectivity index (χ1) is 6.63. The zero-order valence-electron chi connectivity index (χ0n) is 7.91. The van der Waals surface area contributed by atoms with Crippen molar-refractivity contribution in [1.29, 1.82) is 0 Å². The Kier molecular flexibility index (Phi) is 2.04. The largest absolute Gasteiger partial charge is 0.298 e. The van der Waals surface area contributed by atoms with Gasteiger partial charge in [-0.3, -0.25) is 9.48 Å². The molecule has 2 rings (SSSR count). The smallest absolute Gasteiger partial charge is 0.150 e. The second kappa shape index (κ2) is 3.10. The number of carbonyl (C=O) groups excluding carboxylic acids is 1. The summed E-state index contributed by atoms with van der Waals surface area (Å²) in [4.78, 5) is 10.6.